The smallest absolute Gasteiger partial charge is 0.159 e. The molecule has 2 rings (SSSR count). The summed E-state index contributed by atoms with van der Waals surface area (Å²) in [6.07, 6.45) is 10.9. The zero-order valence-corrected chi connectivity index (χ0v) is 15.3. The first-order chi connectivity index (χ1) is 11.7. The maximum atomic E-state index is 5.81. The molecule has 130 valence electrons. The van der Waals surface area contributed by atoms with Crippen LogP contribution in [-0.2, 0) is 6.42 Å². The number of benzene rings is 1. The van der Waals surface area contributed by atoms with Crippen molar-refractivity contribution >= 4 is 0 Å². The Morgan fingerprint density at radius 3 is 2.33 bits per heavy atom. The number of aryl methyl sites for hydroxylation is 1. The number of nitrogens with zero attached hydrogens (tertiary/aromatic N) is 2. The summed E-state index contributed by atoms with van der Waals surface area (Å²) in [5.41, 5.74) is 2.24. The van der Waals surface area contributed by atoms with Crippen LogP contribution in [-0.4, -0.2) is 16.6 Å². The van der Waals surface area contributed by atoms with Gasteiger partial charge >= 0.3 is 0 Å². The predicted molar refractivity (Wildman–Crippen MR) is 100 cm³/mol. The van der Waals surface area contributed by atoms with Crippen LogP contribution < -0.4 is 4.74 Å². The predicted octanol–water partition coefficient (Wildman–Crippen LogP) is 5.69. The molecule has 1 atom stereocenters. The van der Waals surface area contributed by atoms with E-state index in [0.717, 1.165) is 42.5 Å². The fourth-order valence-corrected chi connectivity index (χ4v) is 2.54. The second-order valence-corrected chi connectivity index (χ2v) is 6.55. The van der Waals surface area contributed by atoms with Gasteiger partial charge in [-0.15, -0.1) is 0 Å². The number of aromatic nitrogens is 2. The Balaban J connectivity index is 1.85. The van der Waals surface area contributed by atoms with Crippen molar-refractivity contribution in [3.05, 3.63) is 42.2 Å². The molecule has 0 bridgehead atoms. The molecule has 1 aromatic carbocycles. The molecule has 24 heavy (non-hydrogen) atoms. The Labute approximate surface area is 146 Å². The summed E-state index contributed by atoms with van der Waals surface area (Å²) in [5.74, 6) is 2.48. The molecule has 0 aliphatic rings. The fourth-order valence-electron chi connectivity index (χ4n) is 2.54. The molecule has 1 unspecified atom stereocenters. The lowest BCUT2D eigenvalue weighted by atomic mass is 10.0. The average molecular weight is 326 g/mol. The summed E-state index contributed by atoms with van der Waals surface area (Å²) < 4.78 is 5.81. The minimum absolute atomic E-state index is 0.776. The van der Waals surface area contributed by atoms with Gasteiger partial charge in [0.25, 0.3) is 0 Å². The van der Waals surface area contributed by atoms with Crippen molar-refractivity contribution in [2.24, 2.45) is 5.92 Å². The van der Waals surface area contributed by atoms with E-state index in [4.69, 9.17) is 4.74 Å². The Kier molecular flexibility index (Phi) is 7.73. The Hall–Kier alpha value is -1.90. The molecule has 0 N–H and O–H groups in total. The van der Waals surface area contributed by atoms with Crippen LogP contribution in [0.2, 0.25) is 0 Å². The van der Waals surface area contributed by atoms with Crippen LogP contribution in [0.1, 0.15) is 58.4 Å². The van der Waals surface area contributed by atoms with Gasteiger partial charge in [0.05, 0.1) is 6.61 Å². The molecule has 0 aliphatic heterocycles. The van der Waals surface area contributed by atoms with E-state index in [-0.39, 0.29) is 0 Å². The highest BCUT2D eigenvalue weighted by molar-refractivity contribution is 5.55. The van der Waals surface area contributed by atoms with Crippen LogP contribution in [0.15, 0.2) is 36.7 Å². The van der Waals surface area contributed by atoms with Crippen molar-refractivity contribution in [3.63, 3.8) is 0 Å². The summed E-state index contributed by atoms with van der Waals surface area (Å²) in [5, 5.41) is 0. The molecule has 0 saturated carbocycles. The standard InChI is InChI=1S/C21H30N2O/c1-4-6-9-18-15-22-21(23-16-18)19-10-12-20(13-11-19)24-14-7-8-17(3)5-2/h10-13,15-17H,4-9,14H2,1-3H3. The van der Waals surface area contributed by atoms with Crippen LogP contribution in [0.4, 0.5) is 0 Å². The Morgan fingerprint density at radius 2 is 1.71 bits per heavy atom. The molecule has 3 heteroatoms. The van der Waals surface area contributed by atoms with Crippen LogP contribution in [0.25, 0.3) is 11.4 Å². The monoisotopic (exact) mass is 326 g/mol. The SMILES string of the molecule is CCCCc1cnc(-c2ccc(OCCCC(C)CC)cc2)nc1. The summed E-state index contributed by atoms with van der Waals surface area (Å²) in [7, 11) is 0. The third-order valence-electron chi connectivity index (χ3n) is 4.44. The van der Waals surface area contributed by atoms with Crippen LogP contribution in [0.3, 0.4) is 0 Å². The maximum absolute atomic E-state index is 5.81. The van der Waals surface area contributed by atoms with Gasteiger partial charge in [-0.3, -0.25) is 0 Å². The zero-order chi connectivity index (χ0) is 17.2. The van der Waals surface area contributed by atoms with Gasteiger partial charge in [-0.05, 0) is 61.4 Å². The summed E-state index contributed by atoms with van der Waals surface area (Å²) >= 11 is 0. The first-order valence-corrected chi connectivity index (χ1v) is 9.27. The molecule has 0 radical (unpaired) electrons. The molecule has 2 aromatic rings. The van der Waals surface area contributed by atoms with Crippen molar-refractivity contribution in [2.45, 2.75) is 59.3 Å². The first kappa shape index (κ1) is 18.4. The highest BCUT2D eigenvalue weighted by atomic mass is 16.5. The van der Waals surface area contributed by atoms with Crippen molar-refractivity contribution in [2.75, 3.05) is 6.61 Å². The van der Waals surface area contributed by atoms with E-state index in [0.29, 0.717) is 0 Å². The van der Waals surface area contributed by atoms with Gasteiger partial charge in [0, 0.05) is 18.0 Å². The average Bonchev–Trinajstić information content (AvgIpc) is 2.64. The number of rotatable bonds is 10. The molecule has 1 aromatic heterocycles. The second kappa shape index (κ2) is 10.1. The molecule has 1 heterocycles. The van der Waals surface area contributed by atoms with Crippen molar-refractivity contribution in [1.29, 1.82) is 0 Å². The lowest BCUT2D eigenvalue weighted by molar-refractivity contribution is 0.294. The molecular formula is C21H30N2O. The minimum atomic E-state index is 0.776. The van der Waals surface area contributed by atoms with Gasteiger partial charge in [0.2, 0.25) is 0 Å². The van der Waals surface area contributed by atoms with Gasteiger partial charge in [0.15, 0.2) is 5.82 Å². The lowest BCUT2D eigenvalue weighted by Gasteiger charge is -2.10. The van der Waals surface area contributed by atoms with Gasteiger partial charge in [-0.1, -0.05) is 33.6 Å². The summed E-state index contributed by atoms with van der Waals surface area (Å²) in [6.45, 7) is 7.51. The van der Waals surface area contributed by atoms with Crippen LogP contribution in [0.5, 0.6) is 5.75 Å². The molecule has 0 fully saturated rings. The largest absolute Gasteiger partial charge is 0.494 e. The number of hydrogen-bond acceptors (Lipinski definition) is 3. The van der Waals surface area contributed by atoms with Gasteiger partial charge in [-0.2, -0.15) is 0 Å². The van der Waals surface area contributed by atoms with E-state index in [2.05, 4.69) is 30.7 Å². The lowest BCUT2D eigenvalue weighted by Crippen LogP contribution is -2.01. The minimum Gasteiger partial charge on any atom is -0.494 e. The quantitative estimate of drug-likeness (QED) is 0.526. The first-order valence-electron chi connectivity index (χ1n) is 9.27. The molecule has 0 spiro atoms. The molecule has 0 amide bonds. The van der Waals surface area contributed by atoms with Crippen molar-refractivity contribution in [1.82, 2.24) is 9.97 Å². The maximum Gasteiger partial charge on any atom is 0.159 e. The van der Waals surface area contributed by atoms with Gasteiger partial charge in [-0.25, -0.2) is 9.97 Å². The number of hydrogen-bond donors (Lipinski definition) is 0. The topological polar surface area (TPSA) is 35.0 Å². The van der Waals surface area contributed by atoms with E-state index >= 15 is 0 Å². The highest BCUT2D eigenvalue weighted by Crippen LogP contribution is 2.20. The molecule has 0 aliphatic carbocycles. The summed E-state index contributed by atoms with van der Waals surface area (Å²) in [4.78, 5) is 8.97. The van der Waals surface area contributed by atoms with E-state index in [1.54, 1.807) is 0 Å². The van der Waals surface area contributed by atoms with E-state index < -0.39 is 0 Å². The van der Waals surface area contributed by atoms with Crippen molar-refractivity contribution in [3.8, 4) is 17.1 Å². The fraction of sp³-hybridized carbons (Fsp3) is 0.524. The van der Waals surface area contributed by atoms with E-state index in [9.17, 15) is 0 Å². The third kappa shape index (κ3) is 5.95. The summed E-state index contributed by atoms with van der Waals surface area (Å²) in [6, 6.07) is 8.08. The molecular weight excluding hydrogens is 296 g/mol. The molecule has 0 saturated heterocycles. The Morgan fingerprint density at radius 1 is 1.00 bits per heavy atom. The van der Waals surface area contributed by atoms with E-state index in [1.807, 2.05) is 36.7 Å². The number of ether oxygens (including phenoxy) is 1. The van der Waals surface area contributed by atoms with Crippen LogP contribution >= 0.6 is 0 Å². The van der Waals surface area contributed by atoms with Crippen LogP contribution in [0, 0.1) is 5.92 Å². The van der Waals surface area contributed by atoms with Gasteiger partial charge < -0.3 is 4.74 Å². The van der Waals surface area contributed by atoms with Gasteiger partial charge in [0.1, 0.15) is 5.75 Å². The zero-order valence-electron chi connectivity index (χ0n) is 15.3. The third-order valence-corrected chi connectivity index (χ3v) is 4.44. The van der Waals surface area contributed by atoms with Crippen molar-refractivity contribution < 1.29 is 4.74 Å². The second-order valence-electron chi connectivity index (χ2n) is 6.55. The normalized spacial score (nSPS) is 12.1. The highest BCUT2D eigenvalue weighted by Gasteiger charge is 2.03. The number of unbranched alkanes of at least 4 members (excludes halogenated alkanes) is 1. The van der Waals surface area contributed by atoms with E-state index in [1.165, 1.54) is 31.2 Å². The molecule has 3 nitrogen and oxygen atoms in total. The Bertz CT molecular complexity index is 578.